The SMILES string of the molecule is COc1ccc([C@@H]2CC(c3ccccc3)=NN2C(=O)CSc2nnnn2-c2ccccc2)cc1. The normalized spacial score (nSPS) is 15.3. The molecule has 8 nitrogen and oxygen atoms in total. The summed E-state index contributed by atoms with van der Waals surface area (Å²) in [5.41, 5.74) is 3.73. The highest BCUT2D eigenvalue weighted by Gasteiger charge is 2.33. The van der Waals surface area contributed by atoms with E-state index in [-0.39, 0.29) is 17.7 Å². The second-order valence-electron chi connectivity index (χ2n) is 7.64. The molecule has 34 heavy (non-hydrogen) atoms. The van der Waals surface area contributed by atoms with Gasteiger partial charge in [0.2, 0.25) is 5.16 Å². The van der Waals surface area contributed by atoms with Gasteiger partial charge < -0.3 is 4.74 Å². The van der Waals surface area contributed by atoms with Crippen molar-refractivity contribution in [1.29, 1.82) is 0 Å². The number of aromatic nitrogens is 4. The summed E-state index contributed by atoms with van der Waals surface area (Å²) in [6.07, 6.45) is 0.633. The van der Waals surface area contributed by atoms with Gasteiger partial charge in [-0.05, 0) is 45.8 Å². The summed E-state index contributed by atoms with van der Waals surface area (Å²) in [5.74, 6) is 0.817. The first-order valence-electron chi connectivity index (χ1n) is 10.8. The minimum Gasteiger partial charge on any atom is -0.497 e. The molecular weight excluding hydrogens is 448 g/mol. The predicted molar refractivity (Wildman–Crippen MR) is 130 cm³/mol. The van der Waals surface area contributed by atoms with Gasteiger partial charge in [0.05, 0.1) is 30.3 Å². The van der Waals surface area contributed by atoms with Gasteiger partial charge in [-0.2, -0.15) is 9.78 Å². The van der Waals surface area contributed by atoms with E-state index in [1.807, 2.05) is 84.9 Å². The lowest BCUT2D eigenvalue weighted by atomic mass is 9.98. The van der Waals surface area contributed by atoms with E-state index >= 15 is 0 Å². The number of para-hydroxylation sites is 1. The van der Waals surface area contributed by atoms with Gasteiger partial charge >= 0.3 is 0 Å². The number of amides is 1. The molecule has 5 rings (SSSR count). The quantitative estimate of drug-likeness (QED) is 0.378. The Morgan fingerprint density at radius 2 is 1.71 bits per heavy atom. The number of hydrazone groups is 1. The van der Waals surface area contributed by atoms with Gasteiger partial charge in [0.25, 0.3) is 5.91 Å². The molecule has 9 heteroatoms. The van der Waals surface area contributed by atoms with Crippen molar-refractivity contribution in [3.05, 3.63) is 96.1 Å². The van der Waals surface area contributed by atoms with E-state index in [4.69, 9.17) is 9.84 Å². The molecule has 0 fully saturated rings. The van der Waals surface area contributed by atoms with E-state index in [1.165, 1.54) is 11.8 Å². The van der Waals surface area contributed by atoms with Crippen LogP contribution in [0.25, 0.3) is 5.69 Å². The Morgan fingerprint density at radius 1 is 1.00 bits per heavy atom. The first kappa shape index (κ1) is 21.8. The fourth-order valence-electron chi connectivity index (χ4n) is 3.82. The van der Waals surface area contributed by atoms with E-state index in [0.717, 1.165) is 28.3 Å². The molecule has 1 atom stereocenters. The predicted octanol–water partition coefficient (Wildman–Crippen LogP) is 4.14. The maximum atomic E-state index is 13.4. The number of methoxy groups -OCH3 is 1. The Balaban J connectivity index is 1.38. The number of carbonyl (C=O) groups is 1. The minimum absolute atomic E-state index is 0.112. The summed E-state index contributed by atoms with van der Waals surface area (Å²) in [5, 5.41) is 18.8. The summed E-state index contributed by atoms with van der Waals surface area (Å²) in [6.45, 7) is 0. The summed E-state index contributed by atoms with van der Waals surface area (Å²) >= 11 is 1.29. The number of hydrogen-bond acceptors (Lipinski definition) is 7. The average Bonchev–Trinajstić information content (AvgIpc) is 3.56. The highest BCUT2D eigenvalue weighted by atomic mass is 32.2. The molecule has 0 bridgehead atoms. The molecule has 2 heterocycles. The number of rotatable bonds is 7. The lowest BCUT2D eigenvalue weighted by Crippen LogP contribution is -2.28. The van der Waals surface area contributed by atoms with E-state index in [1.54, 1.807) is 16.8 Å². The third kappa shape index (κ3) is 4.55. The number of ether oxygens (including phenoxy) is 1. The first-order valence-corrected chi connectivity index (χ1v) is 11.8. The number of hydrogen-bond donors (Lipinski definition) is 0. The number of carbonyl (C=O) groups excluding carboxylic acids is 1. The molecule has 1 aliphatic rings. The van der Waals surface area contributed by atoms with Crippen molar-refractivity contribution in [2.75, 3.05) is 12.9 Å². The summed E-state index contributed by atoms with van der Waals surface area (Å²) in [6, 6.07) is 27.1. The average molecular weight is 471 g/mol. The fourth-order valence-corrected chi connectivity index (χ4v) is 4.57. The van der Waals surface area contributed by atoms with E-state index in [9.17, 15) is 4.79 Å². The zero-order valence-corrected chi connectivity index (χ0v) is 19.3. The third-order valence-electron chi connectivity index (χ3n) is 5.54. The summed E-state index contributed by atoms with van der Waals surface area (Å²) in [7, 11) is 1.64. The van der Waals surface area contributed by atoms with Crippen molar-refractivity contribution in [1.82, 2.24) is 25.2 Å². The zero-order chi connectivity index (χ0) is 23.3. The second-order valence-corrected chi connectivity index (χ2v) is 8.58. The molecule has 0 radical (unpaired) electrons. The molecule has 0 N–H and O–H groups in total. The Bertz CT molecular complexity index is 1290. The van der Waals surface area contributed by atoms with Crippen LogP contribution in [0.3, 0.4) is 0 Å². The van der Waals surface area contributed by atoms with Crippen LogP contribution >= 0.6 is 11.8 Å². The number of thioether (sulfide) groups is 1. The maximum absolute atomic E-state index is 13.4. The number of nitrogens with zero attached hydrogens (tertiary/aromatic N) is 6. The monoisotopic (exact) mass is 470 g/mol. The van der Waals surface area contributed by atoms with Crippen LogP contribution in [0.4, 0.5) is 0 Å². The van der Waals surface area contributed by atoms with E-state index in [2.05, 4.69) is 15.5 Å². The van der Waals surface area contributed by atoms with Crippen LogP contribution in [0.5, 0.6) is 5.75 Å². The molecule has 0 spiro atoms. The van der Waals surface area contributed by atoms with Crippen molar-refractivity contribution in [2.45, 2.75) is 17.6 Å². The second kappa shape index (κ2) is 9.88. The molecule has 0 saturated heterocycles. The number of tetrazole rings is 1. The first-order chi connectivity index (χ1) is 16.7. The summed E-state index contributed by atoms with van der Waals surface area (Å²) in [4.78, 5) is 13.4. The van der Waals surface area contributed by atoms with Gasteiger partial charge in [0.1, 0.15) is 5.75 Å². The Kier molecular flexibility index (Phi) is 6.35. The van der Waals surface area contributed by atoms with Crippen LogP contribution in [-0.2, 0) is 4.79 Å². The van der Waals surface area contributed by atoms with Gasteiger partial charge in [-0.3, -0.25) is 4.79 Å². The molecule has 4 aromatic rings. The van der Waals surface area contributed by atoms with E-state index < -0.39 is 0 Å². The molecule has 1 amide bonds. The topological polar surface area (TPSA) is 85.5 Å². The standard InChI is InChI=1S/C25H22N6O2S/c1-33-21-14-12-19(13-15-21)23-16-22(18-8-4-2-5-9-18)27-31(23)24(32)17-34-25-26-28-29-30(25)20-10-6-3-7-11-20/h2-15,23H,16-17H2,1H3/t23-/m0/s1. The van der Waals surface area contributed by atoms with Gasteiger partial charge in [-0.15, -0.1) is 5.10 Å². The van der Waals surface area contributed by atoms with E-state index in [0.29, 0.717) is 11.6 Å². The molecule has 1 aliphatic heterocycles. The van der Waals surface area contributed by atoms with Crippen LogP contribution in [0.15, 0.2) is 95.2 Å². The van der Waals surface area contributed by atoms with Crippen LogP contribution < -0.4 is 4.74 Å². The molecule has 3 aromatic carbocycles. The van der Waals surface area contributed by atoms with Gasteiger partial charge in [0, 0.05) is 6.42 Å². The summed E-state index contributed by atoms with van der Waals surface area (Å²) < 4.78 is 6.92. The third-order valence-corrected chi connectivity index (χ3v) is 6.44. The highest BCUT2D eigenvalue weighted by molar-refractivity contribution is 7.99. The fraction of sp³-hybridized carbons (Fsp3) is 0.160. The molecule has 0 unspecified atom stereocenters. The van der Waals surface area contributed by atoms with Gasteiger partial charge in [-0.25, -0.2) is 5.01 Å². The van der Waals surface area contributed by atoms with Gasteiger partial charge in [0.15, 0.2) is 0 Å². The van der Waals surface area contributed by atoms with Crippen molar-refractivity contribution >= 4 is 23.4 Å². The van der Waals surface area contributed by atoms with Gasteiger partial charge in [-0.1, -0.05) is 72.4 Å². The smallest absolute Gasteiger partial charge is 0.253 e. The van der Waals surface area contributed by atoms with Crippen LogP contribution in [0.2, 0.25) is 0 Å². The Hall–Kier alpha value is -3.98. The molecule has 0 saturated carbocycles. The molecule has 0 aliphatic carbocycles. The lowest BCUT2D eigenvalue weighted by molar-refractivity contribution is -0.130. The minimum atomic E-state index is -0.195. The highest BCUT2D eigenvalue weighted by Crippen LogP contribution is 2.34. The Morgan fingerprint density at radius 3 is 2.41 bits per heavy atom. The lowest BCUT2D eigenvalue weighted by Gasteiger charge is -2.22. The Labute approximate surface area is 201 Å². The van der Waals surface area contributed by atoms with Crippen LogP contribution in [0.1, 0.15) is 23.6 Å². The molecular formula is C25H22N6O2S. The molecule has 1 aromatic heterocycles. The zero-order valence-electron chi connectivity index (χ0n) is 18.5. The maximum Gasteiger partial charge on any atom is 0.253 e. The van der Waals surface area contributed by atoms with Crippen molar-refractivity contribution < 1.29 is 9.53 Å². The van der Waals surface area contributed by atoms with Crippen LogP contribution in [-0.4, -0.2) is 49.7 Å². The largest absolute Gasteiger partial charge is 0.497 e. The van der Waals surface area contributed by atoms with Crippen molar-refractivity contribution in [3.8, 4) is 11.4 Å². The van der Waals surface area contributed by atoms with Crippen molar-refractivity contribution in [3.63, 3.8) is 0 Å². The van der Waals surface area contributed by atoms with Crippen molar-refractivity contribution in [2.24, 2.45) is 5.10 Å². The van der Waals surface area contributed by atoms with Crippen LogP contribution in [0, 0.1) is 0 Å². The number of benzene rings is 3. The molecule has 170 valence electrons.